The molecule has 0 aliphatic heterocycles. The van der Waals surface area contributed by atoms with Gasteiger partial charge in [0.1, 0.15) is 23.6 Å². The van der Waals surface area contributed by atoms with E-state index in [-0.39, 0.29) is 12.1 Å². The Bertz CT molecular complexity index is 634. The summed E-state index contributed by atoms with van der Waals surface area (Å²) in [7, 11) is 1.68. The molecule has 0 aliphatic rings. The van der Waals surface area contributed by atoms with E-state index in [9.17, 15) is 18.3 Å². The first-order valence-electron chi connectivity index (χ1n) is 6.83. The fourth-order valence-electron chi connectivity index (χ4n) is 2.18. The molecular formula is C16H17F3N2O. The van der Waals surface area contributed by atoms with Gasteiger partial charge in [-0.05, 0) is 44.3 Å². The Labute approximate surface area is 127 Å². The zero-order chi connectivity index (χ0) is 16.3. The SMILES string of the molecule is C[C@H](c1cc(F)ccc1F)N(C)C[C@H](O)c1ccc(F)cn1. The van der Waals surface area contributed by atoms with E-state index in [0.29, 0.717) is 5.69 Å². The van der Waals surface area contributed by atoms with Gasteiger partial charge >= 0.3 is 0 Å². The maximum Gasteiger partial charge on any atom is 0.141 e. The van der Waals surface area contributed by atoms with Gasteiger partial charge in [0.05, 0.1) is 11.9 Å². The fourth-order valence-corrected chi connectivity index (χ4v) is 2.18. The van der Waals surface area contributed by atoms with Gasteiger partial charge in [-0.3, -0.25) is 9.88 Å². The van der Waals surface area contributed by atoms with Crippen molar-refractivity contribution >= 4 is 0 Å². The van der Waals surface area contributed by atoms with Crippen LogP contribution in [-0.4, -0.2) is 28.6 Å². The summed E-state index contributed by atoms with van der Waals surface area (Å²) in [5.74, 6) is -1.51. The molecule has 0 unspecified atom stereocenters. The predicted molar refractivity (Wildman–Crippen MR) is 76.6 cm³/mol. The summed E-state index contributed by atoms with van der Waals surface area (Å²) in [5, 5.41) is 10.1. The van der Waals surface area contributed by atoms with Gasteiger partial charge in [-0.25, -0.2) is 13.2 Å². The molecule has 0 spiro atoms. The molecule has 1 aromatic heterocycles. The van der Waals surface area contributed by atoms with Gasteiger partial charge in [0.25, 0.3) is 0 Å². The van der Waals surface area contributed by atoms with Crippen LogP contribution in [0.5, 0.6) is 0 Å². The summed E-state index contributed by atoms with van der Waals surface area (Å²) in [6.07, 6.45) is 0.0680. The van der Waals surface area contributed by atoms with Gasteiger partial charge in [0.15, 0.2) is 0 Å². The van der Waals surface area contributed by atoms with Crippen LogP contribution in [0.1, 0.15) is 30.3 Å². The lowest BCUT2D eigenvalue weighted by Crippen LogP contribution is -2.28. The zero-order valence-electron chi connectivity index (χ0n) is 12.3. The molecule has 0 saturated heterocycles. The second-order valence-electron chi connectivity index (χ2n) is 5.20. The van der Waals surface area contributed by atoms with Crippen molar-refractivity contribution in [1.82, 2.24) is 9.88 Å². The van der Waals surface area contributed by atoms with Crippen molar-refractivity contribution in [3.63, 3.8) is 0 Å². The Morgan fingerprint density at radius 1 is 1.14 bits per heavy atom. The van der Waals surface area contributed by atoms with E-state index in [1.807, 2.05) is 0 Å². The number of pyridine rings is 1. The Hall–Kier alpha value is -1.92. The standard InChI is InChI=1S/C16H17F3N2O/c1-10(13-7-11(17)3-5-14(13)19)21(2)9-16(22)15-6-4-12(18)8-20-15/h3-8,10,16,22H,9H2,1-2H3/t10-,16+/m1/s1. The molecule has 6 heteroatoms. The summed E-state index contributed by atoms with van der Waals surface area (Å²) in [5.41, 5.74) is 0.530. The van der Waals surface area contributed by atoms with Crippen LogP contribution in [0.4, 0.5) is 13.2 Å². The van der Waals surface area contributed by atoms with Crippen LogP contribution in [0.25, 0.3) is 0 Å². The van der Waals surface area contributed by atoms with Crippen molar-refractivity contribution < 1.29 is 18.3 Å². The highest BCUT2D eigenvalue weighted by molar-refractivity contribution is 5.22. The van der Waals surface area contributed by atoms with E-state index < -0.39 is 29.6 Å². The van der Waals surface area contributed by atoms with E-state index in [1.165, 1.54) is 12.1 Å². The molecule has 2 atom stereocenters. The first-order valence-corrected chi connectivity index (χ1v) is 6.83. The monoisotopic (exact) mass is 310 g/mol. The van der Waals surface area contributed by atoms with Crippen LogP contribution in [0.3, 0.4) is 0 Å². The number of aliphatic hydroxyl groups excluding tert-OH is 1. The average Bonchev–Trinajstić information content (AvgIpc) is 2.49. The molecule has 118 valence electrons. The molecule has 1 aromatic carbocycles. The molecule has 1 N–H and O–H groups in total. The molecule has 22 heavy (non-hydrogen) atoms. The number of halogens is 3. The van der Waals surface area contributed by atoms with Gasteiger partial charge in [0.2, 0.25) is 0 Å². The maximum absolute atomic E-state index is 13.8. The minimum Gasteiger partial charge on any atom is -0.385 e. The second kappa shape index (κ2) is 6.89. The quantitative estimate of drug-likeness (QED) is 0.921. The molecule has 3 nitrogen and oxygen atoms in total. The van der Waals surface area contributed by atoms with E-state index in [1.54, 1.807) is 18.9 Å². The lowest BCUT2D eigenvalue weighted by Gasteiger charge is -2.27. The number of aromatic nitrogens is 1. The van der Waals surface area contributed by atoms with Crippen molar-refractivity contribution in [2.75, 3.05) is 13.6 Å². The highest BCUT2D eigenvalue weighted by atomic mass is 19.1. The number of benzene rings is 1. The average molecular weight is 310 g/mol. The van der Waals surface area contributed by atoms with Crippen LogP contribution in [0.2, 0.25) is 0 Å². The van der Waals surface area contributed by atoms with Crippen LogP contribution < -0.4 is 0 Å². The molecule has 2 aromatic rings. The van der Waals surface area contributed by atoms with Crippen LogP contribution in [-0.2, 0) is 0 Å². The third-order valence-electron chi connectivity index (χ3n) is 3.62. The zero-order valence-corrected chi connectivity index (χ0v) is 12.3. The fraction of sp³-hybridized carbons (Fsp3) is 0.312. The minimum absolute atomic E-state index is 0.149. The smallest absolute Gasteiger partial charge is 0.141 e. The molecule has 0 radical (unpaired) electrons. The Balaban J connectivity index is 2.09. The summed E-state index contributed by atoms with van der Waals surface area (Å²) < 4.78 is 39.8. The number of aliphatic hydroxyl groups is 1. The lowest BCUT2D eigenvalue weighted by molar-refractivity contribution is 0.104. The normalized spacial score (nSPS) is 14.1. The number of rotatable bonds is 5. The number of nitrogens with zero attached hydrogens (tertiary/aromatic N) is 2. The molecule has 0 aliphatic carbocycles. The first kappa shape index (κ1) is 16.5. The van der Waals surface area contributed by atoms with Gasteiger partial charge < -0.3 is 5.11 Å². The van der Waals surface area contributed by atoms with Crippen molar-refractivity contribution in [1.29, 1.82) is 0 Å². The molecule has 0 amide bonds. The summed E-state index contributed by atoms with van der Waals surface area (Å²) in [6, 6.07) is 5.43. The van der Waals surface area contributed by atoms with Crippen molar-refractivity contribution in [2.45, 2.75) is 19.1 Å². The van der Waals surface area contributed by atoms with Crippen molar-refractivity contribution in [3.05, 3.63) is 65.2 Å². The third kappa shape index (κ3) is 3.84. The minimum atomic E-state index is -0.954. The largest absolute Gasteiger partial charge is 0.385 e. The Morgan fingerprint density at radius 3 is 2.45 bits per heavy atom. The lowest BCUT2D eigenvalue weighted by atomic mass is 10.1. The molecule has 2 rings (SSSR count). The predicted octanol–water partition coefficient (Wildman–Crippen LogP) is 3.23. The Morgan fingerprint density at radius 2 is 1.82 bits per heavy atom. The second-order valence-corrected chi connectivity index (χ2v) is 5.20. The highest BCUT2D eigenvalue weighted by Gasteiger charge is 2.20. The maximum atomic E-state index is 13.8. The van der Waals surface area contributed by atoms with E-state index in [4.69, 9.17) is 0 Å². The summed E-state index contributed by atoms with van der Waals surface area (Å²) >= 11 is 0. The van der Waals surface area contributed by atoms with Crippen LogP contribution in [0, 0.1) is 17.5 Å². The van der Waals surface area contributed by atoms with Gasteiger partial charge in [-0.2, -0.15) is 0 Å². The number of hydrogen-bond acceptors (Lipinski definition) is 3. The van der Waals surface area contributed by atoms with Crippen LogP contribution in [0.15, 0.2) is 36.5 Å². The molecule has 0 bridgehead atoms. The van der Waals surface area contributed by atoms with Crippen molar-refractivity contribution in [2.24, 2.45) is 0 Å². The summed E-state index contributed by atoms with van der Waals surface area (Å²) in [4.78, 5) is 5.48. The number of likely N-dealkylation sites (N-methyl/N-ethyl adjacent to an activating group) is 1. The van der Waals surface area contributed by atoms with E-state index >= 15 is 0 Å². The third-order valence-corrected chi connectivity index (χ3v) is 3.62. The molecular weight excluding hydrogens is 293 g/mol. The van der Waals surface area contributed by atoms with Gasteiger partial charge in [0, 0.05) is 18.2 Å². The highest BCUT2D eigenvalue weighted by Crippen LogP contribution is 2.24. The van der Waals surface area contributed by atoms with Gasteiger partial charge in [-0.1, -0.05) is 0 Å². The van der Waals surface area contributed by atoms with E-state index in [2.05, 4.69) is 4.98 Å². The molecule has 1 heterocycles. The Kier molecular flexibility index (Phi) is 5.15. The number of hydrogen-bond donors (Lipinski definition) is 1. The first-order chi connectivity index (χ1) is 10.4. The van der Waals surface area contributed by atoms with Crippen LogP contribution >= 0.6 is 0 Å². The van der Waals surface area contributed by atoms with Gasteiger partial charge in [-0.15, -0.1) is 0 Å². The molecule has 0 fully saturated rings. The van der Waals surface area contributed by atoms with E-state index in [0.717, 1.165) is 24.4 Å². The summed E-state index contributed by atoms with van der Waals surface area (Å²) in [6.45, 7) is 1.86. The topological polar surface area (TPSA) is 36.4 Å². The molecule has 0 saturated carbocycles. The van der Waals surface area contributed by atoms with Crippen molar-refractivity contribution in [3.8, 4) is 0 Å².